The largest absolute Gasteiger partial charge is 0.494 e. The molecule has 80 valence electrons. The summed E-state index contributed by atoms with van der Waals surface area (Å²) in [5.74, 6) is 0.772. The van der Waals surface area contributed by atoms with Crippen LogP contribution in [-0.2, 0) is 0 Å². The van der Waals surface area contributed by atoms with Crippen molar-refractivity contribution in [2.75, 3.05) is 7.11 Å². The number of ether oxygens (including phenoxy) is 1. The number of methoxy groups -OCH3 is 1. The number of pyridine rings is 2. The van der Waals surface area contributed by atoms with Crippen molar-refractivity contribution in [2.45, 2.75) is 20.8 Å². The fourth-order valence-electron chi connectivity index (χ4n) is 1.29. The van der Waals surface area contributed by atoms with Gasteiger partial charge in [-0.25, -0.2) is 0 Å². The molecule has 0 fully saturated rings. The van der Waals surface area contributed by atoms with Crippen LogP contribution in [0.2, 0.25) is 0 Å². The molecule has 0 aromatic carbocycles. The quantitative estimate of drug-likeness (QED) is 0.716. The summed E-state index contributed by atoms with van der Waals surface area (Å²) in [7, 11) is 1.64. The normalized spacial score (nSPS) is 9.33. The molecule has 2 rings (SSSR count). The summed E-state index contributed by atoms with van der Waals surface area (Å²) in [5, 5.41) is 1.01. The molecular weight excluding hydrogens is 188 g/mol. The van der Waals surface area contributed by atoms with Crippen LogP contribution in [-0.4, -0.2) is 17.1 Å². The monoisotopic (exact) mass is 204 g/mol. The van der Waals surface area contributed by atoms with E-state index in [-0.39, 0.29) is 0 Å². The Morgan fingerprint density at radius 3 is 2.53 bits per heavy atom. The molecule has 0 aliphatic rings. The van der Waals surface area contributed by atoms with Crippen molar-refractivity contribution in [1.29, 1.82) is 0 Å². The van der Waals surface area contributed by atoms with Crippen LogP contribution in [0.15, 0.2) is 24.7 Å². The second-order valence-corrected chi connectivity index (χ2v) is 2.92. The Bertz CT molecular complexity index is 441. The second-order valence-electron chi connectivity index (χ2n) is 2.92. The third-order valence-corrected chi connectivity index (χ3v) is 1.93. The van der Waals surface area contributed by atoms with Gasteiger partial charge in [0.05, 0.1) is 25.0 Å². The highest BCUT2D eigenvalue weighted by atomic mass is 16.5. The standard InChI is InChI=1S/C10H10N2O.C2H6/c1-7-3-8-9(12-4-7)5-11-6-10(8)13-2;1-2/h3-6H,1-2H3;1-2H3. The van der Waals surface area contributed by atoms with Crippen molar-refractivity contribution in [3.05, 3.63) is 30.2 Å². The Morgan fingerprint density at radius 1 is 1.13 bits per heavy atom. The Labute approximate surface area is 90.1 Å². The van der Waals surface area contributed by atoms with Gasteiger partial charge in [-0.3, -0.25) is 9.97 Å². The van der Waals surface area contributed by atoms with Gasteiger partial charge in [-0.15, -0.1) is 0 Å². The molecule has 0 spiro atoms. The molecule has 0 saturated carbocycles. The fraction of sp³-hybridized carbons (Fsp3) is 0.333. The zero-order chi connectivity index (χ0) is 11.3. The van der Waals surface area contributed by atoms with E-state index < -0.39 is 0 Å². The minimum atomic E-state index is 0.772. The van der Waals surface area contributed by atoms with Crippen LogP contribution in [0.4, 0.5) is 0 Å². The first kappa shape index (κ1) is 11.4. The van der Waals surface area contributed by atoms with E-state index in [4.69, 9.17) is 4.74 Å². The topological polar surface area (TPSA) is 35.0 Å². The van der Waals surface area contributed by atoms with Gasteiger partial charge in [0.15, 0.2) is 0 Å². The predicted molar refractivity (Wildman–Crippen MR) is 62.2 cm³/mol. The summed E-state index contributed by atoms with van der Waals surface area (Å²) >= 11 is 0. The van der Waals surface area contributed by atoms with Crippen LogP contribution in [0.1, 0.15) is 19.4 Å². The van der Waals surface area contributed by atoms with Gasteiger partial charge >= 0.3 is 0 Å². The van der Waals surface area contributed by atoms with Crippen LogP contribution in [0.25, 0.3) is 10.9 Å². The SMILES string of the molecule is CC.COc1cncc2ncc(C)cc12. The molecule has 3 heteroatoms. The summed E-state index contributed by atoms with van der Waals surface area (Å²) in [6, 6.07) is 2.04. The molecule has 2 heterocycles. The van der Waals surface area contributed by atoms with Gasteiger partial charge in [0, 0.05) is 11.6 Å². The van der Waals surface area contributed by atoms with E-state index in [0.29, 0.717) is 0 Å². The maximum Gasteiger partial charge on any atom is 0.146 e. The number of hydrogen-bond acceptors (Lipinski definition) is 3. The maximum atomic E-state index is 5.18. The number of rotatable bonds is 1. The van der Waals surface area contributed by atoms with Crippen molar-refractivity contribution in [3.63, 3.8) is 0 Å². The number of fused-ring (bicyclic) bond motifs is 1. The Kier molecular flexibility index (Phi) is 4.03. The van der Waals surface area contributed by atoms with Gasteiger partial charge in [0.1, 0.15) is 5.75 Å². The van der Waals surface area contributed by atoms with Crippen LogP contribution in [0, 0.1) is 6.92 Å². The van der Waals surface area contributed by atoms with Gasteiger partial charge in [-0.2, -0.15) is 0 Å². The summed E-state index contributed by atoms with van der Waals surface area (Å²) in [6.45, 7) is 6.01. The molecule has 0 unspecified atom stereocenters. The van der Waals surface area contributed by atoms with Crippen LogP contribution < -0.4 is 4.74 Å². The summed E-state index contributed by atoms with van der Waals surface area (Å²) < 4.78 is 5.18. The van der Waals surface area contributed by atoms with Crippen LogP contribution >= 0.6 is 0 Å². The average molecular weight is 204 g/mol. The lowest BCUT2D eigenvalue weighted by Gasteiger charge is -2.03. The van der Waals surface area contributed by atoms with E-state index in [0.717, 1.165) is 22.2 Å². The molecule has 2 aromatic heterocycles. The molecular formula is C12H16N2O. The van der Waals surface area contributed by atoms with Gasteiger partial charge in [0.2, 0.25) is 0 Å². The van der Waals surface area contributed by atoms with E-state index >= 15 is 0 Å². The number of aromatic nitrogens is 2. The molecule has 0 aliphatic carbocycles. The number of nitrogens with zero attached hydrogens (tertiary/aromatic N) is 2. The first-order valence-corrected chi connectivity index (χ1v) is 5.05. The highest BCUT2D eigenvalue weighted by molar-refractivity contribution is 5.84. The zero-order valence-corrected chi connectivity index (χ0v) is 9.61. The summed E-state index contributed by atoms with van der Waals surface area (Å²) in [4.78, 5) is 8.27. The van der Waals surface area contributed by atoms with Crippen molar-refractivity contribution in [1.82, 2.24) is 9.97 Å². The third-order valence-electron chi connectivity index (χ3n) is 1.93. The van der Waals surface area contributed by atoms with Gasteiger partial charge in [-0.05, 0) is 18.6 Å². The van der Waals surface area contributed by atoms with Crippen LogP contribution in [0.5, 0.6) is 5.75 Å². The zero-order valence-electron chi connectivity index (χ0n) is 9.61. The van der Waals surface area contributed by atoms with Crippen LogP contribution in [0.3, 0.4) is 0 Å². The van der Waals surface area contributed by atoms with E-state index in [2.05, 4.69) is 9.97 Å². The van der Waals surface area contributed by atoms with Crippen molar-refractivity contribution >= 4 is 10.9 Å². The first-order valence-electron chi connectivity index (χ1n) is 5.05. The molecule has 0 aliphatic heterocycles. The minimum absolute atomic E-state index is 0.772. The van der Waals surface area contributed by atoms with Gasteiger partial charge in [-0.1, -0.05) is 13.8 Å². The summed E-state index contributed by atoms with van der Waals surface area (Å²) in [6.07, 6.45) is 5.25. The van der Waals surface area contributed by atoms with E-state index in [1.807, 2.05) is 33.0 Å². The molecule has 0 radical (unpaired) electrons. The molecule has 0 N–H and O–H groups in total. The summed E-state index contributed by atoms with van der Waals surface area (Å²) in [5.41, 5.74) is 1.99. The lowest BCUT2D eigenvalue weighted by Crippen LogP contribution is -1.89. The maximum absolute atomic E-state index is 5.18. The van der Waals surface area contributed by atoms with E-state index in [1.165, 1.54) is 0 Å². The molecule has 3 nitrogen and oxygen atoms in total. The molecule has 2 aromatic rings. The minimum Gasteiger partial charge on any atom is -0.494 e. The molecule has 15 heavy (non-hydrogen) atoms. The van der Waals surface area contributed by atoms with E-state index in [1.54, 1.807) is 19.5 Å². The predicted octanol–water partition coefficient (Wildman–Crippen LogP) is 2.97. The lowest BCUT2D eigenvalue weighted by atomic mass is 10.2. The lowest BCUT2D eigenvalue weighted by molar-refractivity contribution is 0.418. The Balaban J connectivity index is 0.000000531. The number of hydrogen-bond donors (Lipinski definition) is 0. The fourth-order valence-corrected chi connectivity index (χ4v) is 1.29. The van der Waals surface area contributed by atoms with Gasteiger partial charge in [0.25, 0.3) is 0 Å². The van der Waals surface area contributed by atoms with Gasteiger partial charge < -0.3 is 4.74 Å². The molecule has 0 atom stereocenters. The van der Waals surface area contributed by atoms with Crippen molar-refractivity contribution in [3.8, 4) is 5.75 Å². The van der Waals surface area contributed by atoms with Crippen molar-refractivity contribution < 1.29 is 4.74 Å². The Hall–Kier alpha value is -1.64. The molecule has 0 saturated heterocycles. The first-order chi connectivity index (χ1) is 7.31. The van der Waals surface area contributed by atoms with E-state index in [9.17, 15) is 0 Å². The average Bonchev–Trinajstić information content (AvgIpc) is 2.31. The second kappa shape index (κ2) is 5.29. The molecule has 0 bridgehead atoms. The molecule has 0 amide bonds. The number of aryl methyl sites for hydroxylation is 1. The van der Waals surface area contributed by atoms with Crippen molar-refractivity contribution in [2.24, 2.45) is 0 Å². The highest BCUT2D eigenvalue weighted by Gasteiger charge is 2.01. The highest BCUT2D eigenvalue weighted by Crippen LogP contribution is 2.22. The third kappa shape index (κ3) is 2.43. The smallest absolute Gasteiger partial charge is 0.146 e. The Morgan fingerprint density at radius 2 is 1.87 bits per heavy atom.